The molecule has 3 aromatic rings. The summed E-state index contributed by atoms with van der Waals surface area (Å²) in [7, 11) is 3.08. The number of aromatic carboxylic acids is 1. The van der Waals surface area contributed by atoms with Crippen LogP contribution in [0.2, 0.25) is 0 Å². The molecule has 0 aliphatic rings. The molecule has 0 radical (unpaired) electrons. The molecule has 6 nitrogen and oxygen atoms in total. The number of hydrogen-bond donors (Lipinski definition) is 2. The first kappa shape index (κ1) is 19.7. The fraction of sp³-hybridized carbons (Fsp3) is 0.100. The molecule has 28 heavy (non-hydrogen) atoms. The summed E-state index contributed by atoms with van der Waals surface area (Å²) >= 11 is 2.64. The highest BCUT2D eigenvalue weighted by Gasteiger charge is 2.21. The molecule has 2 aromatic heterocycles. The van der Waals surface area contributed by atoms with Crippen molar-refractivity contribution in [3.63, 3.8) is 0 Å². The predicted octanol–water partition coefficient (Wildman–Crippen LogP) is 4.84. The lowest BCUT2D eigenvalue weighted by Crippen LogP contribution is -2.10. The molecule has 3 rings (SSSR count). The lowest BCUT2D eigenvalue weighted by atomic mass is 10.1. The number of amides is 1. The van der Waals surface area contributed by atoms with E-state index in [1.807, 2.05) is 17.5 Å². The number of rotatable bonds is 7. The number of thiophene rings is 2. The standard InChI is InChI=1S/C20H17NO5S2/c1-25-14-7-5-12(10-15(14)26-2)6-8-17(22)21-19-18(20(23)24)13(11-28-19)16-4-3-9-27-16/h3-11H,1-2H3,(H,21,22)(H,23,24). The predicted molar refractivity (Wildman–Crippen MR) is 112 cm³/mol. The Labute approximate surface area is 169 Å². The number of carboxylic acids is 1. The maximum atomic E-state index is 12.3. The zero-order valence-corrected chi connectivity index (χ0v) is 16.7. The van der Waals surface area contributed by atoms with Gasteiger partial charge in [0.25, 0.3) is 0 Å². The zero-order chi connectivity index (χ0) is 20.1. The Hall–Kier alpha value is -3.10. The number of methoxy groups -OCH3 is 2. The Morgan fingerprint density at radius 1 is 1.11 bits per heavy atom. The van der Waals surface area contributed by atoms with Gasteiger partial charge in [-0.15, -0.1) is 22.7 Å². The van der Waals surface area contributed by atoms with E-state index in [0.29, 0.717) is 22.1 Å². The van der Waals surface area contributed by atoms with Crippen LogP contribution in [0.1, 0.15) is 15.9 Å². The molecule has 0 aliphatic carbocycles. The number of benzene rings is 1. The van der Waals surface area contributed by atoms with Crippen LogP contribution in [-0.2, 0) is 4.79 Å². The van der Waals surface area contributed by atoms with Crippen LogP contribution in [0.5, 0.6) is 11.5 Å². The molecule has 0 fully saturated rings. The Balaban J connectivity index is 1.78. The molecule has 0 aliphatic heterocycles. The third kappa shape index (κ3) is 4.24. The molecular weight excluding hydrogens is 398 g/mol. The molecule has 0 unspecified atom stereocenters. The first-order valence-corrected chi connectivity index (χ1v) is 9.89. The lowest BCUT2D eigenvalue weighted by Gasteiger charge is -2.07. The average molecular weight is 415 g/mol. The summed E-state index contributed by atoms with van der Waals surface area (Å²) in [6.45, 7) is 0. The smallest absolute Gasteiger partial charge is 0.339 e. The van der Waals surface area contributed by atoms with E-state index in [1.54, 1.807) is 36.8 Å². The van der Waals surface area contributed by atoms with Gasteiger partial charge in [0.2, 0.25) is 5.91 Å². The van der Waals surface area contributed by atoms with Gasteiger partial charge in [-0.25, -0.2) is 4.79 Å². The Bertz CT molecular complexity index is 1020. The van der Waals surface area contributed by atoms with Crippen molar-refractivity contribution in [3.05, 3.63) is 58.3 Å². The summed E-state index contributed by atoms with van der Waals surface area (Å²) < 4.78 is 10.4. The van der Waals surface area contributed by atoms with E-state index >= 15 is 0 Å². The van der Waals surface area contributed by atoms with Gasteiger partial charge in [-0.1, -0.05) is 12.1 Å². The van der Waals surface area contributed by atoms with Gasteiger partial charge in [-0.3, -0.25) is 4.79 Å². The summed E-state index contributed by atoms with van der Waals surface area (Å²) in [5.74, 6) is -0.354. The topological polar surface area (TPSA) is 84.9 Å². The minimum absolute atomic E-state index is 0.0975. The molecule has 2 heterocycles. The Morgan fingerprint density at radius 2 is 1.89 bits per heavy atom. The van der Waals surface area contributed by atoms with Crippen molar-refractivity contribution in [2.24, 2.45) is 0 Å². The molecule has 1 amide bonds. The van der Waals surface area contributed by atoms with Crippen LogP contribution in [0.4, 0.5) is 5.00 Å². The lowest BCUT2D eigenvalue weighted by molar-refractivity contribution is -0.111. The van der Waals surface area contributed by atoms with E-state index in [0.717, 1.165) is 10.4 Å². The third-order valence-corrected chi connectivity index (χ3v) is 5.66. The number of hydrogen-bond acceptors (Lipinski definition) is 6. The molecule has 0 spiro atoms. The van der Waals surface area contributed by atoms with E-state index in [-0.39, 0.29) is 5.56 Å². The Kier molecular flexibility index (Phi) is 6.13. The first-order chi connectivity index (χ1) is 13.5. The average Bonchev–Trinajstić information content (AvgIpc) is 3.35. The van der Waals surface area contributed by atoms with E-state index in [1.165, 1.54) is 35.9 Å². The highest BCUT2D eigenvalue weighted by atomic mass is 32.1. The van der Waals surface area contributed by atoms with Crippen LogP contribution in [-0.4, -0.2) is 31.2 Å². The maximum Gasteiger partial charge on any atom is 0.339 e. The van der Waals surface area contributed by atoms with E-state index in [4.69, 9.17) is 9.47 Å². The highest BCUT2D eigenvalue weighted by molar-refractivity contribution is 7.17. The normalized spacial score (nSPS) is 10.8. The van der Waals surface area contributed by atoms with E-state index < -0.39 is 11.9 Å². The second-order valence-electron chi connectivity index (χ2n) is 5.57. The summed E-state index contributed by atoms with van der Waals surface area (Å²) in [4.78, 5) is 24.8. The van der Waals surface area contributed by atoms with Crippen molar-refractivity contribution in [3.8, 4) is 21.9 Å². The van der Waals surface area contributed by atoms with Gasteiger partial charge in [-0.2, -0.15) is 0 Å². The number of anilines is 1. The quantitative estimate of drug-likeness (QED) is 0.539. The van der Waals surface area contributed by atoms with Crippen LogP contribution in [0.3, 0.4) is 0 Å². The Morgan fingerprint density at radius 3 is 2.54 bits per heavy atom. The van der Waals surface area contributed by atoms with Gasteiger partial charge in [0.05, 0.1) is 14.2 Å². The van der Waals surface area contributed by atoms with E-state index in [9.17, 15) is 14.7 Å². The molecule has 0 bridgehead atoms. The van der Waals surface area contributed by atoms with Crippen molar-refractivity contribution >= 4 is 45.6 Å². The van der Waals surface area contributed by atoms with Crippen LogP contribution in [0, 0.1) is 0 Å². The number of carboxylic acid groups (broad SMARTS) is 1. The summed E-state index contributed by atoms with van der Waals surface area (Å²) in [5, 5.41) is 16.2. The highest BCUT2D eigenvalue weighted by Crippen LogP contribution is 2.37. The summed E-state index contributed by atoms with van der Waals surface area (Å²) in [5.41, 5.74) is 1.45. The molecule has 8 heteroatoms. The van der Waals surface area contributed by atoms with Crippen LogP contribution >= 0.6 is 22.7 Å². The van der Waals surface area contributed by atoms with Crippen LogP contribution < -0.4 is 14.8 Å². The van der Waals surface area contributed by atoms with E-state index in [2.05, 4.69) is 5.32 Å². The molecule has 144 valence electrons. The van der Waals surface area contributed by atoms with Crippen LogP contribution in [0.25, 0.3) is 16.5 Å². The monoisotopic (exact) mass is 415 g/mol. The van der Waals surface area contributed by atoms with Gasteiger partial charge in [0.1, 0.15) is 10.6 Å². The van der Waals surface area contributed by atoms with Gasteiger partial charge < -0.3 is 19.9 Å². The summed E-state index contributed by atoms with van der Waals surface area (Å²) in [6.07, 6.45) is 2.96. The molecular formula is C20H17NO5S2. The molecule has 0 atom stereocenters. The van der Waals surface area contributed by atoms with Crippen molar-refractivity contribution in [1.82, 2.24) is 0 Å². The van der Waals surface area contributed by atoms with Crippen LogP contribution in [0.15, 0.2) is 47.2 Å². The molecule has 1 aromatic carbocycles. The zero-order valence-electron chi connectivity index (χ0n) is 15.1. The maximum absolute atomic E-state index is 12.3. The number of carbonyl (C=O) groups excluding carboxylic acids is 1. The van der Waals surface area contributed by atoms with Crippen molar-refractivity contribution in [2.75, 3.05) is 19.5 Å². The molecule has 2 N–H and O–H groups in total. The van der Waals surface area contributed by atoms with Gasteiger partial charge in [0, 0.05) is 21.9 Å². The number of nitrogens with one attached hydrogen (secondary N) is 1. The number of carbonyl (C=O) groups is 2. The van der Waals surface area contributed by atoms with Crippen molar-refractivity contribution in [1.29, 1.82) is 0 Å². The molecule has 0 saturated heterocycles. The van der Waals surface area contributed by atoms with Crippen molar-refractivity contribution in [2.45, 2.75) is 0 Å². The minimum atomic E-state index is -1.08. The van der Waals surface area contributed by atoms with Gasteiger partial charge in [-0.05, 0) is 35.2 Å². The second-order valence-corrected chi connectivity index (χ2v) is 7.40. The van der Waals surface area contributed by atoms with Crippen molar-refractivity contribution < 1.29 is 24.2 Å². The fourth-order valence-electron chi connectivity index (χ4n) is 2.56. The molecule has 0 saturated carbocycles. The largest absolute Gasteiger partial charge is 0.493 e. The first-order valence-electron chi connectivity index (χ1n) is 8.13. The fourth-order valence-corrected chi connectivity index (χ4v) is 4.34. The minimum Gasteiger partial charge on any atom is -0.493 e. The SMILES string of the molecule is COc1ccc(C=CC(=O)Nc2scc(-c3cccs3)c2C(=O)O)cc1OC. The van der Waals surface area contributed by atoms with Gasteiger partial charge in [0.15, 0.2) is 11.5 Å². The number of ether oxygens (including phenoxy) is 2. The second kappa shape index (κ2) is 8.73. The summed E-state index contributed by atoms with van der Waals surface area (Å²) in [6, 6.07) is 8.97. The van der Waals surface area contributed by atoms with Gasteiger partial charge >= 0.3 is 5.97 Å². The third-order valence-electron chi connectivity index (χ3n) is 3.86.